The molecule has 1 aromatic rings. The number of benzene rings is 1. The van der Waals surface area contributed by atoms with Gasteiger partial charge in [-0.3, -0.25) is 4.79 Å². The Labute approximate surface area is 108 Å². The van der Waals surface area contributed by atoms with Crippen LogP contribution in [0.1, 0.15) is 12.5 Å². The number of anilines is 1. The minimum atomic E-state index is -0.203. The van der Waals surface area contributed by atoms with E-state index in [0.29, 0.717) is 13.1 Å². The highest BCUT2D eigenvalue weighted by atomic mass is 16.2. The summed E-state index contributed by atoms with van der Waals surface area (Å²) in [6.07, 6.45) is 5.16. The Morgan fingerprint density at radius 1 is 1.44 bits per heavy atom. The Morgan fingerprint density at radius 3 is 2.83 bits per heavy atom. The topological polar surface area (TPSA) is 23.6 Å². The third kappa shape index (κ3) is 2.48. The summed E-state index contributed by atoms with van der Waals surface area (Å²) in [7, 11) is 0. The van der Waals surface area contributed by atoms with E-state index in [1.807, 2.05) is 0 Å². The summed E-state index contributed by atoms with van der Waals surface area (Å²) in [5.41, 5.74) is 2.47. The first-order valence-corrected chi connectivity index (χ1v) is 6.20. The third-order valence-electron chi connectivity index (χ3n) is 3.37. The Kier molecular flexibility index (Phi) is 3.57. The Balaban J connectivity index is 2.11. The van der Waals surface area contributed by atoms with Crippen LogP contribution >= 0.6 is 0 Å². The molecule has 0 spiro atoms. The summed E-state index contributed by atoms with van der Waals surface area (Å²) in [5.74, 6) is 1.98. The van der Waals surface area contributed by atoms with E-state index in [-0.39, 0.29) is 11.9 Å². The molecule has 1 aliphatic rings. The molecule has 1 atom stereocenters. The van der Waals surface area contributed by atoms with Crippen LogP contribution in [0.3, 0.4) is 0 Å². The van der Waals surface area contributed by atoms with Crippen molar-refractivity contribution in [3.05, 3.63) is 29.8 Å². The number of nitrogens with zero attached hydrogens (tertiary/aromatic N) is 2. The second-order valence-corrected chi connectivity index (χ2v) is 4.78. The van der Waals surface area contributed by atoms with Gasteiger partial charge in [0.05, 0.1) is 0 Å². The van der Waals surface area contributed by atoms with Gasteiger partial charge in [0.25, 0.3) is 5.91 Å². The van der Waals surface area contributed by atoms with Crippen LogP contribution in [0.25, 0.3) is 0 Å². The molecule has 1 fully saturated rings. The molecule has 94 valence electrons. The number of hydrogen-bond acceptors (Lipinski definition) is 2. The van der Waals surface area contributed by atoms with E-state index >= 15 is 0 Å². The zero-order chi connectivity index (χ0) is 13.1. The van der Waals surface area contributed by atoms with Gasteiger partial charge in [0.1, 0.15) is 0 Å². The number of piperazine rings is 1. The molecular formula is C15H18N2O. The lowest BCUT2D eigenvalue weighted by Crippen LogP contribution is -2.53. The van der Waals surface area contributed by atoms with Gasteiger partial charge in [0, 0.05) is 31.4 Å². The smallest absolute Gasteiger partial charge is 0.298 e. The fourth-order valence-corrected chi connectivity index (χ4v) is 2.42. The highest BCUT2D eigenvalue weighted by Crippen LogP contribution is 2.21. The summed E-state index contributed by atoms with van der Waals surface area (Å²) in [6.45, 7) is 6.43. The van der Waals surface area contributed by atoms with Crippen LogP contribution in [0.2, 0.25) is 0 Å². The van der Waals surface area contributed by atoms with Gasteiger partial charge in [-0.15, -0.1) is 6.42 Å². The third-order valence-corrected chi connectivity index (χ3v) is 3.37. The fraction of sp³-hybridized carbons (Fsp3) is 0.400. The fourth-order valence-electron chi connectivity index (χ4n) is 2.42. The maximum Gasteiger partial charge on any atom is 0.298 e. The molecule has 0 N–H and O–H groups in total. The molecule has 2 rings (SSSR count). The minimum Gasteiger partial charge on any atom is -0.365 e. The standard InChI is InChI=1S/C15H18N2O/c1-4-15(18)16-8-9-17(13(3)11-16)14-7-5-6-12(2)10-14/h1,5-7,10,13H,8-9,11H2,2-3H3. The Hall–Kier alpha value is -1.95. The average Bonchev–Trinajstić information content (AvgIpc) is 2.37. The van der Waals surface area contributed by atoms with Crippen molar-refractivity contribution in [2.45, 2.75) is 19.9 Å². The van der Waals surface area contributed by atoms with Crippen molar-refractivity contribution in [3.63, 3.8) is 0 Å². The van der Waals surface area contributed by atoms with Gasteiger partial charge in [-0.1, -0.05) is 12.1 Å². The van der Waals surface area contributed by atoms with E-state index in [9.17, 15) is 4.79 Å². The molecule has 18 heavy (non-hydrogen) atoms. The van der Waals surface area contributed by atoms with Gasteiger partial charge in [-0.25, -0.2) is 0 Å². The first-order chi connectivity index (χ1) is 8.61. The molecular weight excluding hydrogens is 224 g/mol. The van der Waals surface area contributed by atoms with Crippen LogP contribution in [0.15, 0.2) is 24.3 Å². The molecule has 0 radical (unpaired) electrons. The van der Waals surface area contributed by atoms with E-state index in [0.717, 1.165) is 6.54 Å². The molecule has 1 amide bonds. The van der Waals surface area contributed by atoms with Crippen LogP contribution in [0, 0.1) is 19.3 Å². The van der Waals surface area contributed by atoms with Crippen molar-refractivity contribution < 1.29 is 4.79 Å². The quantitative estimate of drug-likeness (QED) is 0.699. The number of amides is 1. The molecule has 1 saturated heterocycles. The van der Waals surface area contributed by atoms with Gasteiger partial charge < -0.3 is 9.80 Å². The number of rotatable bonds is 1. The van der Waals surface area contributed by atoms with Crippen molar-refractivity contribution >= 4 is 11.6 Å². The average molecular weight is 242 g/mol. The summed E-state index contributed by atoms with van der Waals surface area (Å²) in [5, 5.41) is 0. The second-order valence-electron chi connectivity index (χ2n) is 4.78. The molecule has 0 aliphatic carbocycles. The van der Waals surface area contributed by atoms with Crippen LogP contribution in [-0.4, -0.2) is 36.5 Å². The maximum atomic E-state index is 11.5. The predicted molar refractivity (Wildman–Crippen MR) is 73.4 cm³/mol. The van der Waals surface area contributed by atoms with E-state index in [1.165, 1.54) is 11.3 Å². The Bertz CT molecular complexity index is 490. The summed E-state index contributed by atoms with van der Waals surface area (Å²) >= 11 is 0. The lowest BCUT2D eigenvalue weighted by atomic mass is 10.1. The number of aryl methyl sites for hydroxylation is 1. The number of terminal acetylenes is 1. The second kappa shape index (κ2) is 5.14. The number of hydrogen-bond donors (Lipinski definition) is 0. The lowest BCUT2D eigenvalue weighted by Gasteiger charge is -2.40. The summed E-state index contributed by atoms with van der Waals surface area (Å²) < 4.78 is 0. The zero-order valence-electron chi connectivity index (χ0n) is 10.9. The van der Waals surface area contributed by atoms with Gasteiger partial charge in [0.15, 0.2) is 0 Å². The van der Waals surface area contributed by atoms with Crippen LogP contribution in [0.4, 0.5) is 5.69 Å². The highest BCUT2D eigenvalue weighted by Gasteiger charge is 2.25. The van der Waals surface area contributed by atoms with Gasteiger partial charge in [-0.05, 0) is 37.5 Å². The molecule has 1 unspecified atom stereocenters. The molecule has 3 nitrogen and oxygen atoms in total. The van der Waals surface area contributed by atoms with E-state index < -0.39 is 0 Å². The van der Waals surface area contributed by atoms with Crippen molar-refractivity contribution in [1.29, 1.82) is 0 Å². The first-order valence-electron chi connectivity index (χ1n) is 6.20. The van der Waals surface area contributed by atoms with Crippen LogP contribution < -0.4 is 4.90 Å². The lowest BCUT2D eigenvalue weighted by molar-refractivity contribution is -0.125. The van der Waals surface area contributed by atoms with Gasteiger partial charge >= 0.3 is 0 Å². The maximum absolute atomic E-state index is 11.5. The van der Waals surface area contributed by atoms with Crippen molar-refractivity contribution in [2.75, 3.05) is 24.5 Å². The Morgan fingerprint density at radius 2 is 2.22 bits per heavy atom. The van der Waals surface area contributed by atoms with Crippen molar-refractivity contribution in [2.24, 2.45) is 0 Å². The molecule has 0 aromatic heterocycles. The molecule has 1 aliphatic heterocycles. The van der Waals surface area contributed by atoms with Crippen LogP contribution in [0.5, 0.6) is 0 Å². The molecule has 3 heteroatoms. The molecule has 0 saturated carbocycles. The number of carbonyl (C=O) groups excluding carboxylic acids is 1. The zero-order valence-corrected chi connectivity index (χ0v) is 10.9. The monoisotopic (exact) mass is 242 g/mol. The van der Waals surface area contributed by atoms with Crippen LogP contribution in [-0.2, 0) is 4.79 Å². The predicted octanol–water partition coefficient (Wildman–Crippen LogP) is 1.67. The van der Waals surface area contributed by atoms with E-state index in [1.54, 1.807) is 4.90 Å². The molecule has 1 aromatic carbocycles. The molecule has 0 bridgehead atoms. The largest absolute Gasteiger partial charge is 0.365 e. The van der Waals surface area contributed by atoms with E-state index in [2.05, 4.69) is 48.9 Å². The number of carbonyl (C=O) groups is 1. The van der Waals surface area contributed by atoms with E-state index in [4.69, 9.17) is 6.42 Å². The van der Waals surface area contributed by atoms with Gasteiger partial charge in [0.2, 0.25) is 0 Å². The first kappa shape index (κ1) is 12.5. The summed E-state index contributed by atoms with van der Waals surface area (Å²) in [6, 6.07) is 8.73. The summed E-state index contributed by atoms with van der Waals surface area (Å²) in [4.78, 5) is 15.6. The van der Waals surface area contributed by atoms with Crippen molar-refractivity contribution in [3.8, 4) is 12.3 Å². The van der Waals surface area contributed by atoms with Crippen molar-refractivity contribution in [1.82, 2.24) is 4.90 Å². The van der Waals surface area contributed by atoms with Gasteiger partial charge in [-0.2, -0.15) is 0 Å². The highest BCUT2D eigenvalue weighted by molar-refractivity contribution is 5.93. The SMILES string of the molecule is C#CC(=O)N1CCN(c2cccc(C)c2)C(C)C1. The minimum absolute atomic E-state index is 0.203. The normalized spacial score (nSPS) is 19.5. The molecule has 1 heterocycles.